The molecular weight excluding hydrogens is 254 g/mol. The fraction of sp³-hybridized carbons (Fsp3) is 0.533. The van der Waals surface area contributed by atoms with E-state index in [-0.39, 0.29) is 6.04 Å². The summed E-state index contributed by atoms with van der Waals surface area (Å²) in [6.45, 7) is 3.10. The molecule has 2 aromatic rings. The van der Waals surface area contributed by atoms with Crippen molar-refractivity contribution in [1.82, 2.24) is 9.55 Å². The van der Waals surface area contributed by atoms with E-state index in [1.54, 1.807) is 14.2 Å². The van der Waals surface area contributed by atoms with E-state index >= 15 is 0 Å². The highest BCUT2D eigenvalue weighted by Crippen LogP contribution is 2.18. The highest BCUT2D eigenvalue weighted by atomic mass is 16.7. The molecule has 0 saturated carbocycles. The van der Waals surface area contributed by atoms with Crippen LogP contribution in [0.1, 0.15) is 19.2 Å². The molecule has 0 aliphatic carbocycles. The molecule has 0 amide bonds. The second kappa shape index (κ2) is 6.83. The van der Waals surface area contributed by atoms with E-state index in [9.17, 15) is 0 Å². The summed E-state index contributed by atoms with van der Waals surface area (Å²) in [7, 11) is 3.20. The van der Waals surface area contributed by atoms with Gasteiger partial charge < -0.3 is 19.8 Å². The first-order valence-electron chi connectivity index (χ1n) is 6.96. The molecule has 2 rings (SSSR count). The molecule has 0 spiro atoms. The van der Waals surface area contributed by atoms with Gasteiger partial charge in [0.25, 0.3) is 0 Å². The van der Waals surface area contributed by atoms with Crippen LogP contribution in [0, 0.1) is 0 Å². The topological polar surface area (TPSA) is 62.3 Å². The zero-order chi connectivity index (χ0) is 14.5. The number of hydrogen-bond acceptors (Lipinski definition) is 4. The van der Waals surface area contributed by atoms with E-state index in [1.807, 2.05) is 18.2 Å². The Kier molecular flexibility index (Phi) is 5.11. The number of methoxy groups -OCH3 is 2. The lowest BCUT2D eigenvalue weighted by Crippen LogP contribution is -2.39. The van der Waals surface area contributed by atoms with E-state index in [1.165, 1.54) is 0 Å². The standard InChI is InChI=1S/C15H23N3O2/c1-4-9-18-13-8-6-5-7-12(13)17-14(18)10-11(16)15(19-2)20-3/h5-8,11,15H,4,9-10,16H2,1-3H3. The summed E-state index contributed by atoms with van der Waals surface area (Å²) in [6.07, 6.45) is 1.27. The smallest absolute Gasteiger partial charge is 0.172 e. The third-order valence-electron chi connectivity index (χ3n) is 3.41. The summed E-state index contributed by atoms with van der Waals surface area (Å²) < 4.78 is 12.7. The molecule has 110 valence electrons. The Labute approximate surface area is 119 Å². The number of ether oxygens (including phenoxy) is 2. The van der Waals surface area contributed by atoms with Crippen molar-refractivity contribution < 1.29 is 9.47 Å². The Bertz CT molecular complexity index is 549. The fourth-order valence-electron chi connectivity index (χ4n) is 2.51. The van der Waals surface area contributed by atoms with Crippen LogP contribution >= 0.6 is 0 Å². The Morgan fingerprint density at radius 1 is 1.25 bits per heavy atom. The van der Waals surface area contributed by atoms with Gasteiger partial charge >= 0.3 is 0 Å². The number of aromatic nitrogens is 2. The number of rotatable bonds is 7. The van der Waals surface area contributed by atoms with Gasteiger partial charge in [-0.25, -0.2) is 4.98 Å². The molecule has 0 saturated heterocycles. The number of fused-ring (bicyclic) bond motifs is 1. The van der Waals surface area contributed by atoms with Crippen LogP contribution < -0.4 is 5.73 Å². The summed E-state index contributed by atoms with van der Waals surface area (Å²) in [5.74, 6) is 0.986. The van der Waals surface area contributed by atoms with Gasteiger partial charge in [-0.15, -0.1) is 0 Å². The van der Waals surface area contributed by atoms with Gasteiger partial charge in [-0.1, -0.05) is 19.1 Å². The van der Waals surface area contributed by atoms with Crippen molar-refractivity contribution in [2.75, 3.05) is 14.2 Å². The number of nitrogens with zero attached hydrogens (tertiary/aromatic N) is 2. The van der Waals surface area contributed by atoms with Gasteiger partial charge in [0.1, 0.15) is 5.82 Å². The van der Waals surface area contributed by atoms with Crippen molar-refractivity contribution in [1.29, 1.82) is 0 Å². The molecule has 1 aromatic heterocycles. The maximum atomic E-state index is 6.15. The van der Waals surface area contributed by atoms with Crippen molar-refractivity contribution in [2.45, 2.75) is 38.6 Å². The van der Waals surface area contributed by atoms with Crippen LogP contribution in [0.25, 0.3) is 11.0 Å². The number of benzene rings is 1. The molecule has 1 heterocycles. The van der Waals surface area contributed by atoms with Gasteiger partial charge in [0, 0.05) is 27.2 Å². The zero-order valence-corrected chi connectivity index (χ0v) is 12.4. The maximum Gasteiger partial charge on any atom is 0.172 e. The van der Waals surface area contributed by atoms with Crippen molar-refractivity contribution in [3.63, 3.8) is 0 Å². The molecule has 1 aromatic carbocycles. The summed E-state index contributed by atoms with van der Waals surface area (Å²) in [4.78, 5) is 4.69. The average molecular weight is 277 g/mol. The third kappa shape index (κ3) is 3.00. The summed E-state index contributed by atoms with van der Waals surface area (Å²) in [5.41, 5.74) is 8.32. The largest absolute Gasteiger partial charge is 0.354 e. The lowest BCUT2D eigenvalue weighted by Gasteiger charge is -2.21. The molecule has 5 nitrogen and oxygen atoms in total. The van der Waals surface area contributed by atoms with E-state index in [2.05, 4.69) is 17.6 Å². The Morgan fingerprint density at radius 2 is 1.95 bits per heavy atom. The van der Waals surface area contributed by atoms with Crippen molar-refractivity contribution in [2.24, 2.45) is 5.73 Å². The molecule has 0 aliphatic heterocycles. The van der Waals surface area contributed by atoms with E-state index in [0.717, 1.165) is 29.8 Å². The SMILES string of the molecule is CCCn1c(CC(N)C(OC)OC)nc2ccccc21. The highest BCUT2D eigenvalue weighted by molar-refractivity contribution is 5.75. The number of imidazole rings is 1. The molecule has 2 N–H and O–H groups in total. The average Bonchev–Trinajstić information content (AvgIpc) is 2.79. The quantitative estimate of drug-likeness (QED) is 0.786. The number of aryl methyl sites for hydroxylation is 1. The molecule has 1 atom stereocenters. The van der Waals surface area contributed by atoms with E-state index < -0.39 is 6.29 Å². The Hall–Kier alpha value is -1.43. The Balaban J connectivity index is 2.30. The van der Waals surface area contributed by atoms with E-state index in [0.29, 0.717) is 6.42 Å². The van der Waals surface area contributed by atoms with Gasteiger partial charge in [0.05, 0.1) is 17.1 Å². The van der Waals surface area contributed by atoms with Gasteiger partial charge in [0.15, 0.2) is 6.29 Å². The monoisotopic (exact) mass is 277 g/mol. The third-order valence-corrected chi connectivity index (χ3v) is 3.41. The van der Waals surface area contributed by atoms with Crippen molar-refractivity contribution in [3.05, 3.63) is 30.1 Å². The molecule has 20 heavy (non-hydrogen) atoms. The molecule has 0 aliphatic rings. The first-order valence-corrected chi connectivity index (χ1v) is 6.96. The Morgan fingerprint density at radius 3 is 2.60 bits per heavy atom. The maximum absolute atomic E-state index is 6.15. The molecule has 0 radical (unpaired) electrons. The van der Waals surface area contributed by atoms with Gasteiger partial charge in [-0.05, 0) is 18.6 Å². The molecule has 5 heteroatoms. The first-order chi connectivity index (χ1) is 9.71. The van der Waals surface area contributed by atoms with Crippen LogP contribution in [-0.4, -0.2) is 36.1 Å². The van der Waals surface area contributed by atoms with E-state index in [4.69, 9.17) is 20.2 Å². The normalized spacial score (nSPS) is 13.2. The van der Waals surface area contributed by atoms with Crippen LogP contribution in [0.15, 0.2) is 24.3 Å². The second-order valence-corrected chi connectivity index (χ2v) is 4.88. The van der Waals surface area contributed by atoms with Crippen LogP contribution in [0.4, 0.5) is 0 Å². The van der Waals surface area contributed by atoms with Gasteiger partial charge in [-0.2, -0.15) is 0 Å². The number of para-hydroxylation sites is 2. The van der Waals surface area contributed by atoms with Crippen LogP contribution in [0.3, 0.4) is 0 Å². The minimum Gasteiger partial charge on any atom is -0.354 e. The zero-order valence-electron chi connectivity index (χ0n) is 12.4. The molecule has 1 unspecified atom stereocenters. The highest BCUT2D eigenvalue weighted by Gasteiger charge is 2.20. The minimum atomic E-state index is -0.412. The summed E-state index contributed by atoms with van der Waals surface area (Å²) in [6, 6.07) is 7.92. The lowest BCUT2D eigenvalue weighted by atomic mass is 10.2. The first kappa shape index (κ1) is 15.0. The van der Waals surface area contributed by atoms with Gasteiger partial charge in [-0.3, -0.25) is 0 Å². The predicted molar refractivity (Wildman–Crippen MR) is 79.5 cm³/mol. The number of hydrogen-bond donors (Lipinski definition) is 1. The molecular formula is C15H23N3O2. The van der Waals surface area contributed by atoms with Crippen LogP contribution in [0.2, 0.25) is 0 Å². The van der Waals surface area contributed by atoms with Crippen LogP contribution in [-0.2, 0) is 22.4 Å². The second-order valence-electron chi connectivity index (χ2n) is 4.88. The fourth-order valence-corrected chi connectivity index (χ4v) is 2.51. The lowest BCUT2D eigenvalue weighted by molar-refractivity contribution is -0.116. The summed E-state index contributed by atoms with van der Waals surface area (Å²) >= 11 is 0. The number of nitrogens with two attached hydrogens (primary N) is 1. The minimum absolute atomic E-state index is 0.239. The van der Waals surface area contributed by atoms with Gasteiger partial charge in [0.2, 0.25) is 0 Å². The van der Waals surface area contributed by atoms with Crippen LogP contribution in [0.5, 0.6) is 0 Å². The molecule has 0 bridgehead atoms. The predicted octanol–water partition coefficient (Wildman–Crippen LogP) is 1.93. The summed E-state index contributed by atoms with van der Waals surface area (Å²) in [5, 5.41) is 0. The van der Waals surface area contributed by atoms with Crippen molar-refractivity contribution in [3.8, 4) is 0 Å². The molecule has 0 fully saturated rings. The van der Waals surface area contributed by atoms with Crippen molar-refractivity contribution >= 4 is 11.0 Å².